The molecule has 0 radical (unpaired) electrons. The van der Waals surface area contributed by atoms with Gasteiger partial charge in [-0.15, -0.1) is 0 Å². The van der Waals surface area contributed by atoms with Gasteiger partial charge in [-0.05, 0) is 32.4 Å². The van der Waals surface area contributed by atoms with Gasteiger partial charge in [0, 0.05) is 37.0 Å². The quantitative estimate of drug-likeness (QED) is 0.779. The van der Waals surface area contributed by atoms with Crippen molar-refractivity contribution in [1.29, 1.82) is 0 Å². The molecule has 3 nitrogen and oxygen atoms in total. The average Bonchev–Trinajstić information content (AvgIpc) is 2.36. The maximum atomic E-state index is 10.1. The number of hydrogen-bond donors (Lipinski definition) is 2. The highest BCUT2D eigenvalue weighted by Crippen LogP contribution is 2.28. The van der Waals surface area contributed by atoms with E-state index in [4.69, 9.17) is 0 Å². The molecule has 1 aromatic rings. The van der Waals surface area contributed by atoms with E-state index in [1.807, 2.05) is 12.1 Å². The van der Waals surface area contributed by atoms with Crippen molar-refractivity contribution in [2.24, 2.45) is 0 Å². The number of nitrogens with one attached hydrogen (secondary N) is 1. The predicted octanol–water partition coefficient (Wildman–Crippen LogP) is 3.30. The van der Waals surface area contributed by atoms with Gasteiger partial charge in [0.25, 0.3) is 0 Å². The molecule has 0 spiro atoms. The topological polar surface area (TPSA) is 35.5 Å². The average molecular weight is 250 g/mol. The largest absolute Gasteiger partial charge is 0.508 e. The van der Waals surface area contributed by atoms with Crippen molar-refractivity contribution in [3.8, 4) is 5.75 Å². The van der Waals surface area contributed by atoms with E-state index in [-0.39, 0.29) is 6.04 Å². The lowest BCUT2D eigenvalue weighted by atomic mass is 10.1. The van der Waals surface area contributed by atoms with Crippen LogP contribution in [0.2, 0.25) is 0 Å². The van der Waals surface area contributed by atoms with Crippen molar-refractivity contribution < 1.29 is 5.11 Å². The van der Waals surface area contributed by atoms with Crippen LogP contribution in [0.1, 0.15) is 45.2 Å². The maximum Gasteiger partial charge on any atom is 0.122 e. The molecule has 3 heteroatoms. The number of hydrogen-bond acceptors (Lipinski definition) is 3. The van der Waals surface area contributed by atoms with Crippen molar-refractivity contribution in [2.75, 3.05) is 25.0 Å². The fraction of sp³-hybridized carbons (Fsp3) is 0.600. The predicted molar refractivity (Wildman–Crippen MR) is 78.4 cm³/mol. The second-order valence-electron chi connectivity index (χ2n) is 4.84. The summed E-state index contributed by atoms with van der Waals surface area (Å²) in [5, 5.41) is 13.5. The minimum absolute atomic E-state index is 0.190. The molecule has 18 heavy (non-hydrogen) atoms. The van der Waals surface area contributed by atoms with Crippen LogP contribution in [-0.2, 0) is 0 Å². The second kappa shape index (κ2) is 7.27. The summed E-state index contributed by atoms with van der Waals surface area (Å²) >= 11 is 0. The van der Waals surface area contributed by atoms with E-state index in [0.717, 1.165) is 37.2 Å². The van der Waals surface area contributed by atoms with Crippen LogP contribution in [-0.4, -0.2) is 25.2 Å². The standard InChI is InChI=1S/C15H26N2O/c1-5-9-16-12(3)14-8-7-13(11-15(14)18)17(4)10-6-2/h7-8,11-12,16,18H,5-6,9-10H2,1-4H3. The van der Waals surface area contributed by atoms with E-state index in [2.05, 4.69) is 44.1 Å². The summed E-state index contributed by atoms with van der Waals surface area (Å²) in [6.07, 6.45) is 2.20. The zero-order valence-corrected chi connectivity index (χ0v) is 12.0. The third-order valence-electron chi connectivity index (χ3n) is 3.18. The second-order valence-corrected chi connectivity index (χ2v) is 4.84. The molecule has 0 aliphatic heterocycles. The molecule has 0 heterocycles. The summed E-state index contributed by atoms with van der Waals surface area (Å²) in [6.45, 7) is 8.35. The molecule has 0 saturated heterocycles. The number of anilines is 1. The Morgan fingerprint density at radius 1 is 1.28 bits per heavy atom. The number of rotatable bonds is 7. The Bertz CT molecular complexity index is 366. The molecule has 1 atom stereocenters. The Labute approximate surface area is 111 Å². The summed E-state index contributed by atoms with van der Waals surface area (Å²) in [4.78, 5) is 2.16. The van der Waals surface area contributed by atoms with Crippen LogP contribution in [0.4, 0.5) is 5.69 Å². The van der Waals surface area contributed by atoms with E-state index < -0.39 is 0 Å². The lowest BCUT2D eigenvalue weighted by Gasteiger charge is -2.21. The van der Waals surface area contributed by atoms with Crippen LogP contribution in [0, 0.1) is 0 Å². The number of phenolic OH excluding ortho intramolecular Hbond substituents is 1. The molecule has 0 saturated carbocycles. The van der Waals surface area contributed by atoms with Gasteiger partial charge in [0.05, 0.1) is 0 Å². The lowest BCUT2D eigenvalue weighted by molar-refractivity contribution is 0.452. The van der Waals surface area contributed by atoms with Gasteiger partial charge in [0.1, 0.15) is 5.75 Å². The third-order valence-corrected chi connectivity index (χ3v) is 3.18. The molecule has 0 fully saturated rings. The van der Waals surface area contributed by atoms with Crippen LogP contribution in [0.25, 0.3) is 0 Å². The van der Waals surface area contributed by atoms with Gasteiger partial charge in [-0.2, -0.15) is 0 Å². The molecule has 102 valence electrons. The van der Waals surface area contributed by atoms with Crippen LogP contribution in [0.3, 0.4) is 0 Å². The van der Waals surface area contributed by atoms with Gasteiger partial charge >= 0.3 is 0 Å². The lowest BCUT2D eigenvalue weighted by Crippen LogP contribution is -2.20. The molecule has 2 N–H and O–H groups in total. The first kappa shape index (κ1) is 14.8. The fourth-order valence-electron chi connectivity index (χ4n) is 2.07. The number of benzene rings is 1. The number of nitrogens with zero attached hydrogens (tertiary/aromatic N) is 1. The first-order valence-electron chi connectivity index (χ1n) is 6.87. The van der Waals surface area contributed by atoms with Crippen LogP contribution in [0.15, 0.2) is 18.2 Å². The van der Waals surface area contributed by atoms with Crippen LogP contribution in [0.5, 0.6) is 5.75 Å². The van der Waals surface area contributed by atoms with Gasteiger partial charge in [0.15, 0.2) is 0 Å². The summed E-state index contributed by atoms with van der Waals surface area (Å²) < 4.78 is 0. The summed E-state index contributed by atoms with van der Waals surface area (Å²) in [5.74, 6) is 0.381. The van der Waals surface area contributed by atoms with Crippen molar-refractivity contribution in [3.05, 3.63) is 23.8 Å². The summed E-state index contributed by atoms with van der Waals surface area (Å²) in [7, 11) is 2.05. The van der Waals surface area contributed by atoms with Crippen molar-refractivity contribution in [3.63, 3.8) is 0 Å². The van der Waals surface area contributed by atoms with Gasteiger partial charge in [-0.1, -0.05) is 19.9 Å². The Kier molecular flexibility index (Phi) is 5.99. The zero-order valence-electron chi connectivity index (χ0n) is 12.0. The maximum absolute atomic E-state index is 10.1. The summed E-state index contributed by atoms with van der Waals surface area (Å²) in [5.41, 5.74) is 2.04. The first-order valence-corrected chi connectivity index (χ1v) is 6.87. The Morgan fingerprint density at radius 3 is 2.56 bits per heavy atom. The Hall–Kier alpha value is -1.22. The molecule has 0 aromatic heterocycles. The van der Waals surface area contributed by atoms with Crippen LogP contribution < -0.4 is 10.2 Å². The van der Waals surface area contributed by atoms with Gasteiger partial charge in [0.2, 0.25) is 0 Å². The summed E-state index contributed by atoms with van der Waals surface area (Å²) in [6, 6.07) is 6.14. The molecule has 1 unspecified atom stereocenters. The normalized spacial score (nSPS) is 12.4. The first-order chi connectivity index (χ1) is 8.60. The van der Waals surface area contributed by atoms with E-state index in [9.17, 15) is 5.11 Å². The monoisotopic (exact) mass is 250 g/mol. The smallest absolute Gasteiger partial charge is 0.122 e. The molecule has 0 amide bonds. The SMILES string of the molecule is CCCNC(C)c1ccc(N(C)CCC)cc1O. The molecule has 0 bridgehead atoms. The van der Waals surface area contributed by atoms with Crippen LogP contribution >= 0.6 is 0 Å². The van der Waals surface area contributed by atoms with E-state index >= 15 is 0 Å². The third kappa shape index (κ3) is 3.91. The number of aromatic hydroxyl groups is 1. The van der Waals surface area contributed by atoms with Crippen molar-refractivity contribution in [2.45, 2.75) is 39.7 Å². The molecule has 0 aliphatic rings. The van der Waals surface area contributed by atoms with Crippen molar-refractivity contribution >= 4 is 5.69 Å². The molecular formula is C15H26N2O. The van der Waals surface area contributed by atoms with Gasteiger partial charge in [-0.25, -0.2) is 0 Å². The Balaban J connectivity index is 2.78. The highest BCUT2D eigenvalue weighted by molar-refractivity contribution is 5.53. The number of phenols is 1. The Morgan fingerprint density at radius 2 is 2.00 bits per heavy atom. The minimum Gasteiger partial charge on any atom is -0.508 e. The molecule has 1 rings (SSSR count). The van der Waals surface area contributed by atoms with E-state index in [1.165, 1.54) is 0 Å². The zero-order chi connectivity index (χ0) is 13.5. The van der Waals surface area contributed by atoms with Crippen molar-refractivity contribution in [1.82, 2.24) is 5.32 Å². The van der Waals surface area contributed by atoms with E-state index in [1.54, 1.807) is 0 Å². The highest BCUT2D eigenvalue weighted by Gasteiger charge is 2.11. The van der Waals surface area contributed by atoms with E-state index in [0.29, 0.717) is 5.75 Å². The molecule has 1 aromatic carbocycles. The minimum atomic E-state index is 0.190. The molecule has 0 aliphatic carbocycles. The highest BCUT2D eigenvalue weighted by atomic mass is 16.3. The molecular weight excluding hydrogens is 224 g/mol. The van der Waals surface area contributed by atoms with Gasteiger partial charge < -0.3 is 15.3 Å². The van der Waals surface area contributed by atoms with Gasteiger partial charge in [-0.3, -0.25) is 0 Å². The fourth-order valence-corrected chi connectivity index (χ4v) is 2.07.